The van der Waals surface area contributed by atoms with Crippen LogP contribution < -0.4 is 0 Å². The molecule has 35 heavy (non-hydrogen) atoms. The minimum atomic E-state index is -0.185. The maximum atomic E-state index is 13.5. The number of esters is 1. The molecule has 1 aromatic carbocycles. The standard InChI is InChI=1S/C25H30N6O3S/c1-5-34-24(33)19-10-12-30(13-11-19)23(32)22-21(15-35-25-26-17(3)14-18(4)27-25)31(29-28-22)20-8-6-16(2)7-9-20/h6-9,14,19H,5,10-13,15H2,1-4H3. The van der Waals surface area contributed by atoms with Gasteiger partial charge >= 0.3 is 5.97 Å². The van der Waals surface area contributed by atoms with Crippen molar-refractivity contribution in [3.63, 3.8) is 0 Å². The SMILES string of the molecule is CCOC(=O)C1CCN(C(=O)c2nnn(-c3ccc(C)cc3)c2CSc2nc(C)cc(C)n2)CC1. The summed E-state index contributed by atoms with van der Waals surface area (Å²) in [6, 6.07) is 9.86. The number of benzene rings is 1. The molecule has 1 saturated heterocycles. The Morgan fingerprint density at radius 3 is 2.34 bits per heavy atom. The number of amides is 1. The van der Waals surface area contributed by atoms with Crippen LogP contribution in [0.3, 0.4) is 0 Å². The number of likely N-dealkylation sites (tertiary alicyclic amines) is 1. The summed E-state index contributed by atoms with van der Waals surface area (Å²) in [6.07, 6.45) is 1.16. The third kappa shape index (κ3) is 5.87. The fourth-order valence-electron chi connectivity index (χ4n) is 4.11. The molecule has 0 unspecified atom stereocenters. The minimum absolute atomic E-state index is 0.168. The van der Waals surface area contributed by atoms with Crippen LogP contribution in [0.4, 0.5) is 0 Å². The van der Waals surface area contributed by atoms with Gasteiger partial charge in [-0.3, -0.25) is 9.59 Å². The highest BCUT2D eigenvalue weighted by atomic mass is 32.2. The third-order valence-corrected chi connectivity index (χ3v) is 6.80. The summed E-state index contributed by atoms with van der Waals surface area (Å²) in [4.78, 5) is 36.4. The highest BCUT2D eigenvalue weighted by molar-refractivity contribution is 7.98. The van der Waals surface area contributed by atoms with E-state index in [1.165, 1.54) is 11.8 Å². The molecule has 1 amide bonds. The van der Waals surface area contributed by atoms with Crippen LogP contribution in [0.15, 0.2) is 35.5 Å². The zero-order valence-corrected chi connectivity index (χ0v) is 21.3. The molecule has 1 aliphatic heterocycles. The van der Waals surface area contributed by atoms with E-state index >= 15 is 0 Å². The Morgan fingerprint density at radius 1 is 1.06 bits per heavy atom. The molecule has 1 aliphatic rings. The summed E-state index contributed by atoms with van der Waals surface area (Å²) < 4.78 is 6.87. The molecular weight excluding hydrogens is 464 g/mol. The van der Waals surface area contributed by atoms with Gasteiger partial charge in [0, 0.05) is 30.2 Å². The van der Waals surface area contributed by atoms with Gasteiger partial charge in [-0.25, -0.2) is 14.6 Å². The minimum Gasteiger partial charge on any atom is -0.466 e. The summed E-state index contributed by atoms with van der Waals surface area (Å²) in [6.45, 7) is 9.02. The molecule has 1 fully saturated rings. The molecule has 9 nitrogen and oxygen atoms in total. The number of carbonyl (C=O) groups is 2. The Hall–Kier alpha value is -3.27. The van der Waals surface area contributed by atoms with Crippen molar-refractivity contribution < 1.29 is 14.3 Å². The van der Waals surface area contributed by atoms with Crippen LogP contribution in [0.2, 0.25) is 0 Å². The van der Waals surface area contributed by atoms with Gasteiger partial charge in [0.15, 0.2) is 10.9 Å². The molecule has 3 aromatic rings. The zero-order valence-electron chi connectivity index (χ0n) is 20.5. The number of piperidine rings is 1. The first kappa shape index (κ1) is 24.8. The first-order valence-electron chi connectivity index (χ1n) is 11.8. The number of thioether (sulfide) groups is 1. The van der Waals surface area contributed by atoms with E-state index < -0.39 is 0 Å². The fourth-order valence-corrected chi connectivity index (χ4v) is 5.05. The maximum absolute atomic E-state index is 13.5. The van der Waals surface area contributed by atoms with Gasteiger partial charge in [0.1, 0.15) is 0 Å². The summed E-state index contributed by atoms with van der Waals surface area (Å²) in [7, 11) is 0. The predicted octanol–water partition coefficient (Wildman–Crippen LogP) is 3.69. The predicted molar refractivity (Wildman–Crippen MR) is 132 cm³/mol. The third-order valence-electron chi connectivity index (χ3n) is 5.95. The van der Waals surface area contributed by atoms with Gasteiger partial charge < -0.3 is 9.64 Å². The molecule has 0 N–H and O–H groups in total. The first-order chi connectivity index (χ1) is 16.9. The Kier molecular flexibility index (Phi) is 7.80. The van der Waals surface area contributed by atoms with E-state index in [-0.39, 0.29) is 17.8 Å². The molecule has 0 radical (unpaired) electrons. The van der Waals surface area contributed by atoms with E-state index in [0.29, 0.717) is 54.8 Å². The van der Waals surface area contributed by atoms with Crippen LogP contribution >= 0.6 is 11.8 Å². The van der Waals surface area contributed by atoms with Crippen LogP contribution in [-0.4, -0.2) is 61.4 Å². The molecule has 0 saturated carbocycles. The lowest BCUT2D eigenvalue weighted by Crippen LogP contribution is -2.41. The number of rotatable bonds is 7. The number of hydrogen-bond donors (Lipinski definition) is 0. The molecule has 0 atom stereocenters. The zero-order chi connectivity index (χ0) is 24.9. The van der Waals surface area contributed by atoms with Crippen molar-refractivity contribution in [2.45, 2.75) is 51.4 Å². The van der Waals surface area contributed by atoms with Crippen molar-refractivity contribution in [1.29, 1.82) is 0 Å². The molecule has 0 aliphatic carbocycles. The lowest BCUT2D eigenvalue weighted by molar-refractivity contribution is -0.149. The van der Waals surface area contributed by atoms with Crippen LogP contribution in [0, 0.1) is 26.7 Å². The Labute approximate surface area is 209 Å². The molecule has 2 aromatic heterocycles. The molecule has 3 heterocycles. The van der Waals surface area contributed by atoms with Gasteiger partial charge in [-0.05, 0) is 58.7 Å². The van der Waals surface area contributed by atoms with E-state index in [1.807, 2.05) is 51.1 Å². The summed E-state index contributed by atoms with van der Waals surface area (Å²) in [5.41, 5.74) is 4.77. The van der Waals surface area contributed by atoms with E-state index in [0.717, 1.165) is 22.6 Å². The summed E-state index contributed by atoms with van der Waals surface area (Å²) in [5, 5.41) is 9.28. The first-order valence-corrected chi connectivity index (χ1v) is 12.8. The maximum Gasteiger partial charge on any atom is 0.309 e. The van der Waals surface area contributed by atoms with Gasteiger partial charge in [-0.2, -0.15) is 0 Å². The van der Waals surface area contributed by atoms with E-state index in [2.05, 4.69) is 20.3 Å². The molecule has 0 bridgehead atoms. The number of aryl methyl sites for hydroxylation is 3. The van der Waals surface area contributed by atoms with Crippen LogP contribution in [0.1, 0.15) is 52.9 Å². The number of ether oxygens (including phenoxy) is 1. The van der Waals surface area contributed by atoms with Crippen molar-refractivity contribution in [1.82, 2.24) is 29.9 Å². The van der Waals surface area contributed by atoms with Crippen molar-refractivity contribution in [2.24, 2.45) is 5.92 Å². The van der Waals surface area contributed by atoms with Gasteiger partial charge in [0.2, 0.25) is 0 Å². The van der Waals surface area contributed by atoms with Crippen LogP contribution in [0.5, 0.6) is 0 Å². The second kappa shape index (κ2) is 11.0. The molecule has 10 heteroatoms. The molecule has 0 spiro atoms. The van der Waals surface area contributed by atoms with Crippen LogP contribution in [0.25, 0.3) is 5.69 Å². The average Bonchev–Trinajstić information content (AvgIpc) is 3.26. The van der Waals surface area contributed by atoms with Crippen molar-refractivity contribution >= 4 is 23.6 Å². The number of nitrogens with zero attached hydrogens (tertiary/aromatic N) is 6. The summed E-state index contributed by atoms with van der Waals surface area (Å²) in [5.74, 6) is -0.0959. The molecule has 184 valence electrons. The summed E-state index contributed by atoms with van der Waals surface area (Å²) >= 11 is 1.45. The monoisotopic (exact) mass is 494 g/mol. The largest absolute Gasteiger partial charge is 0.466 e. The van der Waals surface area contributed by atoms with E-state index in [9.17, 15) is 9.59 Å². The number of hydrogen-bond acceptors (Lipinski definition) is 8. The van der Waals surface area contributed by atoms with Gasteiger partial charge in [-0.15, -0.1) is 5.10 Å². The molecular formula is C25H30N6O3S. The van der Waals surface area contributed by atoms with Gasteiger partial charge in [0.25, 0.3) is 5.91 Å². The van der Waals surface area contributed by atoms with Crippen molar-refractivity contribution in [3.05, 3.63) is 58.7 Å². The Balaban J connectivity index is 1.58. The lowest BCUT2D eigenvalue weighted by Gasteiger charge is -2.30. The smallest absolute Gasteiger partial charge is 0.309 e. The van der Waals surface area contributed by atoms with Gasteiger partial charge in [0.05, 0.1) is 23.9 Å². The highest BCUT2D eigenvalue weighted by Crippen LogP contribution is 2.26. The molecule has 4 rings (SSSR count). The Bertz CT molecular complexity index is 1180. The quantitative estimate of drug-likeness (QED) is 0.278. The van der Waals surface area contributed by atoms with Crippen LogP contribution in [-0.2, 0) is 15.3 Å². The number of aromatic nitrogens is 5. The second-order valence-corrected chi connectivity index (χ2v) is 9.62. The Morgan fingerprint density at radius 2 is 1.71 bits per heavy atom. The number of carbonyl (C=O) groups excluding carboxylic acids is 2. The average molecular weight is 495 g/mol. The van der Waals surface area contributed by atoms with E-state index in [4.69, 9.17) is 4.74 Å². The normalized spacial score (nSPS) is 14.2. The van der Waals surface area contributed by atoms with Crippen molar-refractivity contribution in [2.75, 3.05) is 19.7 Å². The topological polar surface area (TPSA) is 103 Å². The van der Waals surface area contributed by atoms with Gasteiger partial charge in [-0.1, -0.05) is 34.7 Å². The van der Waals surface area contributed by atoms with Crippen molar-refractivity contribution in [3.8, 4) is 5.69 Å². The fraction of sp³-hybridized carbons (Fsp3) is 0.440. The second-order valence-electron chi connectivity index (χ2n) is 8.67. The lowest BCUT2D eigenvalue weighted by atomic mass is 9.97. The highest BCUT2D eigenvalue weighted by Gasteiger charge is 2.31. The van der Waals surface area contributed by atoms with E-state index in [1.54, 1.807) is 16.5 Å².